The summed E-state index contributed by atoms with van der Waals surface area (Å²) in [7, 11) is 0. The Morgan fingerprint density at radius 3 is 2.32 bits per heavy atom. The molecule has 1 aromatic carbocycles. The van der Waals surface area contributed by atoms with Crippen LogP contribution in [0.2, 0.25) is 0 Å². The van der Waals surface area contributed by atoms with Gasteiger partial charge in [0.05, 0.1) is 6.04 Å². The standard InChI is InChI=1S/C15H22F2N2/c1-9-6-7-11(8-10(9)2)15(19-18)14-12(16)4-3-5-13(14)17/h3-5,9-11,15,19H,6-8,18H2,1-2H3. The first-order chi connectivity index (χ1) is 9.04. The van der Waals surface area contributed by atoms with E-state index in [0.717, 1.165) is 19.3 Å². The topological polar surface area (TPSA) is 38.0 Å². The molecule has 1 fully saturated rings. The third kappa shape index (κ3) is 2.95. The summed E-state index contributed by atoms with van der Waals surface area (Å²) in [5.41, 5.74) is 2.71. The van der Waals surface area contributed by atoms with Gasteiger partial charge in [-0.05, 0) is 42.7 Å². The van der Waals surface area contributed by atoms with Gasteiger partial charge in [-0.1, -0.05) is 26.3 Å². The summed E-state index contributed by atoms with van der Waals surface area (Å²) in [6.45, 7) is 4.43. The van der Waals surface area contributed by atoms with Crippen LogP contribution in [-0.2, 0) is 0 Å². The van der Waals surface area contributed by atoms with Crippen LogP contribution in [0.25, 0.3) is 0 Å². The van der Waals surface area contributed by atoms with E-state index in [0.29, 0.717) is 11.8 Å². The van der Waals surface area contributed by atoms with Crippen molar-refractivity contribution in [2.45, 2.75) is 39.2 Å². The third-order valence-electron chi connectivity index (χ3n) is 4.60. The van der Waals surface area contributed by atoms with E-state index < -0.39 is 17.7 Å². The van der Waals surface area contributed by atoms with Crippen LogP contribution >= 0.6 is 0 Å². The summed E-state index contributed by atoms with van der Waals surface area (Å²) in [6.07, 6.45) is 2.98. The molecule has 2 rings (SSSR count). The summed E-state index contributed by atoms with van der Waals surface area (Å²) in [5.74, 6) is 5.94. The van der Waals surface area contributed by atoms with Crippen molar-refractivity contribution in [1.82, 2.24) is 5.43 Å². The summed E-state index contributed by atoms with van der Waals surface area (Å²) >= 11 is 0. The highest BCUT2D eigenvalue weighted by Crippen LogP contribution is 2.40. The van der Waals surface area contributed by atoms with E-state index in [1.54, 1.807) is 0 Å². The van der Waals surface area contributed by atoms with E-state index in [1.807, 2.05) is 0 Å². The fraction of sp³-hybridized carbons (Fsp3) is 0.600. The van der Waals surface area contributed by atoms with Gasteiger partial charge in [0.15, 0.2) is 0 Å². The lowest BCUT2D eigenvalue weighted by Crippen LogP contribution is -2.38. The normalized spacial score (nSPS) is 29.2. The Morgan fingerprint density at radius 1 is 1.16 bits per heavy atom. The van der Waals surface area contributed by atoms with Crippen LogP contribution in [0.1, 0.15) is 44.7 Å². The Hall–Kier alpha value is -1.00. The molecule has 0 heterocycles. The van der Waals surface area contributed by atoms with Crippen LogP contribution in [0, 0.1) is 29.4 Å². The fourth-order valence-electron chi connectivity index (χ4n) is 3.15. The molecule has 19 heavy (non-hydrogen) atoms. The molecule has 106 valence electrons. The first-order valence-corrected chi connectivity index (χ1v) is 6.94. The highest BCUT2D eigenvalue weighted by molar-refractivity contribution is 5.24. The van der Waals surface area contributed by atoms with Crippen molar-refractivity contribution in [2.24, 2.45) is 23.6 Å². The SMILES string of the molecule is CC1CCC(C(NN)c2c(F)cccc2F)CC1C. The molecule has 4 unspecified atom stereocenters. The zero-order valence-corrected chi connectivity index (χ0v) is 11.5. The van der Waals surface area contributed by atoms with Crippen molar-refractivity contribution >= 4 is 0 Å². The molecular formula is C15H22F2N2. The summed E-state index contributed by atoms with van der Waals surface area (Å²) in [6, 6.07) is 3.51. The van der Waals surface area contributed by atoms with Gasteiger partial charge >= 0.3 is 0 Å². The highest BCUT2D eigenvalue weighted by atomic mass is 19.1. The predicted octanol–water partition coefficient (Wildman–Crippen LogP) is 3.54. The van der Waals surface area contributed by atoms with Crippen LogP contribution in [0.4, 0.5) is 8.78 Å². The van der Waals surface area contributed by atoms with Crippen molar-refractivity contribution < 1.29 is 8.78 Å². The average molecular weight is 268 g/mol. The molecule has 0 amide bonds. The molecule has 0 bridgehead atoms. The van der Waals surface area contributed by atoms with Gasteiger partial charge in [-0.3, -0.25) is 11.3 Å². The number of halogens is 2. The number of hydrogen-bond donors (Lipinski definition) is 2. The number of nitrogens with two attached hydrogens (primary N) is 1. The summed E-state index contributed by atoms with van der Waals surface area (Å²) in [5, 5.41) is 0. The van der Waals surface area contributed by atoms with Crippen molar-refractivity contribution in [3.05, 3.63) is 35.4 Å². The highest BCUT2D eigenvalue weighted by Gasteiger charge is 2.33. The Bertz CT molecular complexity index is 416. The summed E-state index contributed by atoms with van der Waals surface area (Å²) in [4.78, 5) is 0. The molecule has 0 spiro atoms. The van der Waals surface area contributed by atoms with E-state index >= 15 is 0 Å². The van der Waals surface area contributed by atoms with Crippen LogP contribution in [0.15, 0.2) is 18.2 Å². The first-order valence-electron chi connectivity index (χ1n) is 6.94. The van der Waals surface area contributed by atoms with Gasteiger partial charge in [0.1, 0.15) is 11.6 Å². The molecular weight excluding hydrogens is 246 g/mol. The Kier molecular flexibility index (Phi) is 4.53. The first kappa shape index (κ1) is 14.4. The number of hydrazine groups is 1. The Labute approximate surface area is 113 Å². The van der Waals surface area contributed by atoms with E-state index in [1.165, 1.54) is 18.2 Å². The van der Waals surface area contributed by atoms with Gasteiger partial charge in [-0.25, -0.2) is 8.78 Å². The lowest BCUT2D eigenvalue weighted by atomic mass is 9.72. The van der Waals surface area contributed by atoms with Crippen LogP contribution in [0.3, 0.4) is 0 Å². The van der Waals surface area contributed by atoms with E-state index in [4.69, 9.17) is 5.84 Å². The molecule has 0 radical (unpaired) electrons. The second-order valence-electron chi connectivity index (χ2n) is 5.81. The van der Waals surface area contributed by atoms with Crippen molar-refractivity contribution in [3.63, 3.8) is 0 Å². The maximum Gasteiger partial charge on any atom is 0.130 e. The smallest absolute Gasteiger partial charge is 0.130 e. The molecule has 2 nitrogen and oxygen atoms in total. The molecule has 1 aliphatic rings. The number of nitrogens with one attached hydrogen (secondary N) is 1. The molecule has 3 N–H and O–H groups in total. The van der Waals surface area contributed by atoms with Gasteiger partial charge in [0, 0.05) is 5.56 Å². The van der Waals surface area contributed by atoms with Crippen molar-refractivity contribution in [1.29, 1.82) is 0 Å². The molecule has 4 atom stereocenters. The lowest BCUT2D eigenvalue weighted by Gasteiger charge is -2.36. The molecule has 0 saturated heterocycles. The minimum absolute atomic E-state index is 0.0803. The minimum atomic E-state index is -0.519. The lowest BCUT2D eigenvalue weighted by molar-refractivity contribution is 0.168. The maximum absolute atomic E-state index is 13.9. The van der Waals surface area contributed by atoms with E-state index in [2.05, 4.69) is 19.3 Å². The van der Waals surface area contributed by atoms with Gasteiger partial charge in [0.25, 0.3) is 0 Å². The van der Waals surface area contributed by atoms with Gasteiger partial charge in [-0.2, -0.15) is 0 Å². The Balaban J connectivity index is 2.25. The molecule has 1 aromatic rings. The second kappa shape index (κ2) is 5.97. The maximum atomic E-state index is 13.9. The third-order valence-corrected chi connectivity index (χ3v) is 4.60. The van der Waals surface area contributed by atoms with Gasteiger partial charge in [0.2, 0.25) is 0 Å². The average Bonchev–Trinajstić information content (AvgIpc) is 2.37. The number of benzene rings is 1. The number of rotatable bonds is 3. The monoisotopic (exact) mass is 268 g/mol. The van der Waals surface area contributed by atoms with E-state index in [-0.39, 0.29) is 11.5 Å². The van der Waals surface area contributed by atoms with Gasteiger partial charge < -0.3 is 0 Å². The number of hydrogen-bond acceptors (Lipinski definition) is 2. The quantitative estimate of drug-likeness (QED) is 0.650. The van der Waals surface area contributed by atoms with Crippen molar-refractivity contribution in [2.75, 3.05) is 0 Å². The molecule has 4 heteroatoms. The largest absolute Gasteiger partial charge is 0.271 e. The van der Waals surface area contributed by atoms with Crippen molar-refractivity contribution in [3.8, 4) is 0 Å². The van der Waals surface area contributed by atoms with Gasteiger partial charge in [-0.15, -0.1) is 0 Å². The molecule has 1 saturated carbocycles. The fourth-order valence-corrected chi connectivity index (χ4v) is 3.15. The van der Waals surface area contributed by atoms with E-state index in [9.17, 15) is 8.78 Å². The van der Waals surface area contributed by atoms with Crippen LogP contribution < -0.4 is 11.3 Å². The van der Waals surface area contributed by atoms with Crippen LogP contribution in [-0.4, -0.2) is 0 Å². The van der Waals surface area contributed by atoms with Crippen LogP contribution in [0.5, 0.6) is 0 Å². The Morgan fingerprint density at radius 2 is 1.79 bits per heavy atom. The molecule has 1 aliphatic carbocycles. The zero-order chi connectivity index (χ0) is 14.0. The second-order valence-corrected chi connectivity index (χ2v) is 5.81. The molecule has 0 aliphatic heterocycles. The predicted molar refractivity (Wildman–Crippen MR) is 72.1 cm³/mol. The zero-order valence-electron chi connectivity index (χ0n) is 11.5. The minimum Gasteiger partial charge on any atom is -0.271 e. The summed E-state index contributed by atoms with van der Waals surface area (Å²) < 4.78 is 27.8. The molecule has 0 aromatic heterocycles.